The van der Waals surface area contributed by atoms with Gasteiger partial charge in [0.25, 0.3) is 0 Å². The summed E-state index contributed by atoms with van der Waals surface area (Å²) in [5, 5.41) is 0. The summed E-state index contributed by atoms with van der Waals surface area (Å²) in [6.07, 6.45) is 0. The first-order chi connectivity index (χ1) is 3.81. The molecule has 0 saturated heterocycles. The second-order valence-electron chi connectivity index (χ2n) is 2.52. The average molecular weight is 226 g/mol. The maximum absolute atomic E-state index is 5.63. The van der Waals surface area contributed by atoms with E-state index in [4.69, 9.17) is 46.4 Å². The predicted octanol–water partition coefficient (Wildman–Crippen LogP) is 3.38. The van der Waals surface area contributed by atoms with E-state index in [2.05, 4.69) is 0 Å². The van der Waals surface area contributed by atoms with Crippen molar-refractivity contribution in [2.75, 3.05) is 5.50 Å². The van der Waals surface area contributed by atoms with Crippen molar-refractivity contribution in [3.05, 3.63) is 0 Å². The van der Waals surface area contributed by atoms with Crippen molar-refractivity contribution >= 4 is 54.5 Å². The van der Waals surface area contributed by atoms with Crippen LogP contribution in [-0.4, -0.2) is 17.0 Å². The van der Waals surface area contributed by atoms with Gasteiger partial charge in [-0.05, 0) is 0 Å². The Balaban J connectivity index is 4.14. The van der Waals surface area contributed by atoms with E-state index >= 15 is 0 Å². The quantitative estimate of drug-likeness (QED) is 0.474. The zero-order chi connectivity index (χ0) is 7.71. The summed E-state index contributed by atoms with van der Waals surface area (Å²) in [6.45, 7) is 3.88. The highest BCUT2D eigenvalue weighted by Gasteiger charge is 2.41. The second-order valence-corrected chi connectivity index (χ2v) is 11.3. The summed E-state index contributed by atoms with van der Waals surface area (Å²) < 4.78 is -1.13. The molecule has 0 N–H and O–H groups in total. The van der Waals surface area contributed by atoms with Crippen molar-refractivity contribution in [1.82, 2.24) is 0 Å². The fraction of sp³-hybridized carbons (Fsp3) is 1.00. The number of rotatable bonds is 1. The van der Waals surface area contributed by atoms with Crippen LogP contribution in [0.4, 0.5) is 0 Å². The standard InChI is InChI=1S/C4H8Cl4Si/c1-9(2,3-5)4(6,7)8/h3H2,1-2H3. The molecule has 0 radical (unpaired) electrons. The summed E-state index contributed by atoms with van der Waals surface area (Å²) in [5.41, 5.74) is 0.476. The molecular weight excluding hydrogens is 218 g/mol. The molecule has 0 nitrogen and oxygen atoms in total. The van der Waals surface area contributed by atoms with Crippen LogP contribution >= 0.6 is 46.4 Å². The highest BCUT2D eigenvalue weighted by Crippen LogP contribution is 2.36. The summed E-state index contributed by atoms with van der Waals surface area (Å²) in [4.78, 5) is 0. The molecule has 0 amide bonds. The smallest absolute Gasteiger partial charge is 0.130 e. The van der Waals surface area contributed by atoms with Crippen LogP contribution in [0.25, 0.3) is 0 Å². The lowest BCUT2D eigenvalue weighted by atomic mass is 11.7. The molecule has 0 rings (SSSR count). The lowest BCUT2D eigenvalue weighted by Gasteiger charge is -2.27. The summed E-state index contributed by atoms with van der Waals surface area (Å²) in [6, 6.07) is 0. The molecule has 0 fully saturated rings. The SMILES string of the molecule is C[Si](C)(CCl)C(Cl)(Cl)Cl. The Labute approximate surface area is 76.4 Å². The van der Waals surface area contributed by atoms with Crippen LogP contribution < -0.4 is 0 Å². The molecule has 0 aromatic heterocycles. The first kappa shape index (κ1) is 10.4. The van der Waals surface area contributed by atoms with E-state index in [-0.39, 0.29) is 0 Å². The third-order valence-electron chi connectivity index (χ3n) is 1.10. The molecule has 0 heterocycles. The van der Waals surface area contributed by atoms with Crippen molar-refractivity contribution in [2.24, 2.45) is 0 Å². The molecule has 0 aliphatic carbocycles. The van der Waals surface area contributed by atoms with E-state index in [0.29, 0.717) is 5.50 Å². The van der Waals surface area contributed by atoms with Gasteiger partial charge in [0, 0.05) is 5.50 Å². The van der Waals surface area contributed by atoms with Crippen molar-refractivity contribution < 1.29 is 0 Å². The van der Waals surface area contributed by atoms with Gasteiger partial charge < -0.3 is 0 Å². The highest BCUT2D eigenvalue weighted by atomic mass is 35.6. The van der Waals surface area contributed by atoms with Gasteiger partial charge in [-0.1, -0.05) is 47.9 Å². The first-order valence-corrected chi connectivity index (χ1v) is 7.31. The zero-order valence-electron chi connectivity index (χ0n) is 5.22. The van der Waals surface area contributed by atoms with E-state index in [1.165, 1.54) is 0 Å². The minimum Gasteiger partial charge on any atom is -0.130 e. The van der Waals surface area contributed by atoms with E-state index < -0.39 is 11.5 Å². The van der Waals surface area contributed by atoms with Gasteiger partial charge in [-0.15, -0.1) is 11.6 Å². The van der Waals surface area contributed by atoms with Gasteiger partial charge in [-0.3, -0.25) is 0 Å². The van der Waals surface area contributed by atoms with Gasteiger partial charge >= 0.3 is 0 Å². The van der Waals surface area contributed by atoms with Crippen molar-refractivity contribution in [3.8, 4) is 0 Å². The maximum atomic E-state index is 5.63. The Morgan fingerprint density at radius 3 is 1.56 bits per heavy atom. The molecule has 56 valence electrons. The van der Waals surface area contributed by atoms with Gasteiger partial charge in [0.2, 0.25) is 0 Å². The van der Waals surface area contributed by atoms with Gasteiger partial charge in [-0.25, -0.2) is 0 Å². The molecule has 0 atom stereocenters. The van der Waals surface area contributed by atoms with Gasteiger partial charge in [0.05, 0.1) is 0 Å². The lowest BCUT2D eigenvalue weighted by molar-refractivity contribution is 1.47. The Hall–Kier alpha value is 1.38. The van der Waals surface area contributed by atoms with Gasteiger partial charge in [0.1, 0.15) is 8.07 Å². The van der Waals surface area contributed by atoms with Crippen molar-refractivity contribution in [1.29, 1.82) is 0 Å². The first-order valence-electron chi connectivity index (χ1n) is 2.44. The molecule has 0 spiro atoms. The second kappa shape index (κ2) is 3.18. The maximum Gasteiger partial charge on any atom is 0.177 e. The Morgan fingerprint density at radius 1 is 1.22 bits per heavy atom. The molecular formula is C4H8Cl4Si. The zero-order valence-corrected chi connectivity index (χ0v) is 9.24. The lowest BCUT2D eigenvalue weighted by Crippen LogP contribution is -2.44. The largest absolute Gasteiger partial charge is 0.177 e. The van der Waals surface area contributed by atoms with E-state index in [1.54, 1.807) is 0 Å². The normalized spacial score (nSPS) is 14.0. The van der Waals surface area contributed by atoms with E-state index in [1.807, 2.05) is 13.1 Å². The van der Waals surface area contributed by atoms with Crippen LogP contribution in [0, 0.1) is 0 Å². The monoisotopic (exact) mass is 224 g/mol. The Morgan fingerprint density at radius 2 is 1.56 bits per heavy atom. The van der Waals surface area contributed by atoms with Crippen molar-refractivity contribution in [2.45, 2.75) is 16.5 Å². The number of halogens is 4. The molecule has 0 aliphatic rings. The number of alkyl halides is 4. The van der Waals surface area contributed by atoms with Crippen LogP contribution in [0.1, 0.15) is 0 Å². The number of hydrogen-bond acceptors (Lipinski definition) is 0. The third-order valence-corrected chi connectivity index (χ3v) is 9.91. The molecule has 0 bridgehead atoms. The Kier molecular flexibility index (Phi) is 3.67. The Bertz CT molecular complexity index is 95.2. The van der Waals surface area contributed by atoms with Crippen molar-refractivity contribution in [3.63, 3.8) is 0 Å². The molecule has 0 aromatic carbocycles. The average Bonchev–Trinajstić information content (AvgIpc) is 1.64. The van der Waals surface area contributed by atoms with E-state index in [9.17, 15) is 0 Å². The minimum atomic E-state index is -1.82. The summed E-state index contributed by atoms with van der Waals surface area (Å²) in [5.74, 6) is 0. The molecule has 9 heavy (non-hydrogen) atoms. The van der Waals surface area contributed by atoms with Crippen LogP contribution in [0.15, 0.2) is 0 Å². The molecule has 0 unspecified atom stereocenters. The summed E-state index contributed by atoms with van der Waals surface area (Å²) >= 11 is 22.5. The fourth-order valence-electron chi connectivity index (χ4n) is 0.0758. The van der Waals surface area contributed by atoms with Crippen LogP contribution in [-0.2, 0) is 0 Å². The summed E-state index contributed by atoms with van der Waals surface area (Å²) in [7, 11) is -1.82. The van der Waals surface area contributed by atoms with Crippen LogP contribution in [0.3, 0.4) is 0 Å². The molecule has 0 saturated carbocycles. The minimum absolute atomic E-state index is 0.476. The topological polar surface area (TPSA) is 0 Å². The van der Waals surface area contributed by atoms with Crippen LogP contribution in [0.5, 0.6) is 0 Å². The third kappa shape index (κ3) is 2.85. The molecule has 5 heteroatoms. The van der Waals surface area contributed by atoms with E-state index in [0.717, 1.165) is 0 Å². The van der Waals surface area contributed by atoms with Gasteiger partial charge in [0.15, 0.2) is 3.42 Å². The highest BCUT2D eigenvalue weighted by molar-refractivity contribution is 7.06. The van der Waals surface area contributed by atoms with Gasteiger partial charge in [-0.2, -0.15) is 0 Å². The molecule has 0 aromatic rings. The predicted molar refractivity (Wildman–Crippen MR) is 48.5 cm³/mol. The fourth-order valence-corrected chi connectivity index (χ4v) is 2.05. The van der Waals surface area contributed by atoms with Crippen LogP contribution in [0.2, 0.25) is 13.1 Å². The molecule has 0 aliphatic heterocycles. The number of hydrogen-bond donors (Lipinski definition) is 0.